The monoisotopic (exact) mass is 562 g/mol. The van der Waals surface area contributed by atoms with Crippen LogP contribution < -0.4 is 14.4 Å². The predicted octanol–water partition coefficient (Wildman–Crippen LogP) is 7.01. The van der Waals surface area contributed by atoms with Gasteiger partial charge in [0.15, 0.2) is 5.13 Å². The number of anilines is 1. The number of ether oxygens (including phenoxy) is 2. The lowest BCUT2D eigenvalue weighted by Gasteiger charge is -2.23. The highest BCUT2D eigenvalue weighted by atomic mass is 35.5. The van der Waals surface area contributed by atoms with Crippen molar-refractivity contribution in [2.45, 2.75) is 26.3 Å². The fourth-order valence-electron chi connectivity index (χ4n) is 4.42. The van der Waals surface area contributed by atoms with Gasteiger partial charge in [0.2, 0.25) is 0 Å². The van der Waals surface area contributed by atoms with Crippen LogP contribution in [0.1, 0.15) is 37.4 Å². The molecule has 9 heteroatoms. The number of hydrogen-bond donors (Lipinski definition) is 1. The quantitative estimate of drug-likeness (QED) is 0.141. The van der Waals surface area contributed by atoms with E-state index >= 15 is 0 Å². The van der Waals surface area contributed by atoms with Gasteiger partial charge in [0.25, 0.3) is 5.78 Å². The number of halogens is 1. The first-order valence-corrected chi connectivity index (χ1v) is 13.7. The van der Waals surface area contributed by atoms with Crippen molar-refractivity contribution in [1.29, 1.82) is 0 Å². The summed E-state index contributed by atoms with van der Waals surface area (Å²) in [6, 6.07) is 18.2. The zero-order valence-electron chi connectivity index (χ0n) is 21.7. The van der Waals surface area contributed by atoms with Gasteiger partial charge in [-0.1, -0.05) is 48.9 Å². The smallest absolute Gasteiger partial charge is 0.301 e. The molecule has 0 saturated carbocycles. The number of fused-ring (bicyclic) bond motifs is 1. The highest BCUT2D eigenvalue weighted by molar-refractivity contribution is 7.22. The topological polar surface area (TPSA) is 89.0 Å². The molecule has 1 aliphatic heterocycles. The number of carbonyl (C=O) groups excluding carboxylic acids is 2. The molecular formula is C30H27ClN2O5S. The van der Waals surface area contributed by atoms with E-state index in [-0.39, 0.29) is 11.3 Å². The van der Waals surface area contributed by atoms with Gasteiger partial charge in [0.05, 0.1) is 35.5 Å². The first kappa shape index (κ1) is 26.7. The fourth-order valence-corrected chi connectivity index (χ4v) is 5.56. The Hall–Kier alpha value is -3.88. The van der Waals surface area contributed by atoms with E-state index in [1.807, 2.05) is 24.3 Å². The van der Waals surface area contributed by atoms with E-state index in [1.165, 1.54) is 16.2 Å². The highest BCUT2D eigenvalue weighted by Crippen LogP contribution is 2.45. The van der Waals surface area contributed by atoms with Crippen molar-refractivity contribution < 1.29 is 24.2 Å². The lowest BCUT2D eigenvalue weighted by Crippen LogP contribution is -2.29. The maximum absolute atomic E-state index is 13.5. The van der Waals surface area contributed by atoms with Gasteiger partial charge in [-0.2, -0.15) is 0 Å². The van der Waals surface area contributed by atoms with E-state index in [9.17, 15) is 14.7 Å². The molecule has 1 saturated heterocycles. The van der Waals surface area contributed by atoms with E-state index < -0.39 is 17.7 Å². The van der Waals surface area contributed by atoms with Gasteiger partial charge in [-0.25, -0.2) is 4.98 Å². The summed E-state index contributed by atoms with van der Waals surface area (Å²) in [5, 5.41) is 12.2. The number of aliphatic hydroxyl groups is 1. The predicted molar refractivity (Wildman–Crippen MR) is 154 cm³/mol. The largest absolute Gasteiger partial charge is 0.507 e. The number of aliphatic hydroxyl groups excluding tert-OH is 1. The van der Waals surface area contributed by atoms with Gasteiger partial charge in [0, 0.05) is 10.6 Å². The van der Waals surface area contributed by atoms with Crippen LogP contribution in [-0.2, 0) is 9.59 Å². The van der Waals surface area contributed by atoms with Crippen LogP contribution in [0.2, 0.25) is 5.02 Å². The Labute approximate surface area is 235 Å². The van der Waals surface area contributed by atoms with Crippen LogP contribution in [0.5, 0.6) is 11.5 Å². The van der Waals surface area contributed by atoms with Crippen molar-refractivity contribution in [1.82, 2.24) is 4.98 Å². The van der Waals surface area contributed by atoms with Gasteiger partial charge >= 0.3 is 5.91 Å². The summed E-state index contributed by atoms with van der Waals surface area (Å²) in [7, 11) is 1.58. The number of carbonyl (C=O) groups is 2. The number of amides is 1. The van der Waals surface area contributed by atoms with Gasteiger partial charge in [-0.15, -0.1) is 0 Å². The Morgan fingerprint density at radius 3 is 2.56 bits per heavy atom. The molecule has 39 heavy (non-hydrogen) atoms. The van der Waals surface area contributed by atoms with Crippen LogP contribution in [0.15, 0.2) is 72.3 Å². The lowest BCUT2D eigenvalue weighted by molar-refractivity contribution is -0.132. The SMILES string of the molecule is COc1ccc2nc(N3C(=O)C(=O)C(=C(O)c4ccc(Cl)cc4)C3c3cccc(OCCC(C)C)c3)sc2c1. The molecule has 1 N–H and O–H groups in total. The maximum Gasteiger partial charge on any atom is 0.301 e. The zero-order chi connectivity index (χ0) is 27.7. The van der Waals surface area contributed by atoms with Gasteiger partial charge < -0.3 is 14.6 Å². The third-order valence-corrected chi connectivity index (χ3v) is 7.76. The highest BCUT2D eigenvalue weighted by Gasteiger charge is 2.48. The van der Waals surface area contributed by atoms with E-state index in [0.717, 1.165) is 11.1 Å². The fraction of sp³-hybridized carbons (Fsp3) is 0.233. The molecule has 5 rings (SSSR count). The van der Waals surface area contributed by atoms with Crippen LogP contribution in [0.4, 0.5) is 5.13 Å². The Bertz CT molecular complexity index is 1580. The van der Waals surface area contributed by atoms with Crippen molar-refractivity contribution >= 4 is 55.7 Å². The molecule has 7 nitrogen and oxygen atoms in total. The average molecular weight is 563 g/mol. The maximum atomic E-state index is 13.5. The third kappa shape index (κ3) is 5.35. The molecule has 1 amide bonds. The molecule has 4 aromatic rings. The molecular weight excluding hydrogens is 536 g/mol. The van der Waals surface area contributed by atoms with Crippen molar-refractivity contribution in [3.8, 4) is 11.5 Å². The molecule has 1 unspecified atom stereocenters. The summed E-state index contributed by atoms with van der Waals surface area (Å²) in [5.74, 6) is -0.101. The molecule has 1 fully saturated rings. The number of nitrogens with zero attached hydrogens (tertiary/aromatic N) is 2. The van der Waals surface area contributed by atoms with E-state index in [1.54, 1.807) is 49.6 Å². The molecule has 0 bridgehead atoms. The number of hydrogen-bond acceptors (Lipinski definition) is 7. The Balaban J connectivity index is 1.65. The van der Waals surface area contributed by atoms with Crippen molar-refractivity contribution in [2.24, 2.45) is 5.92 Å². The number of methoxy groups -OCH3 is 1. The summed E-state index contributed by atoms with van der Waals surface area (Å²) in [6.45, 7) is 4.78. The van der Waals surface area contributed by atoms with E-state index in [4.69, 9.17) is 21.1 Å². The number of benzene rings is 3. The van der Waals surface area contributed by atoms with Gasteiger partial charge in [0.1, 0.15) is 17.3 Å². The molecule has 3 aromatic carbocycles. The third-order valence-electron chi connectivity index (χ3n) is 6.49. The molecule has 1 aliphatic rings. The first-order valence-electron chi connectivity index (χ1n) is 12.5. The van der Waals surface area contributed by atoms with Gasteiger partial charge in [-0.3, -0.25) is 14.5 Å². The van der Waals surface area contributed by atoms with E-state index in [0.29, 0.717) is 50.8 Å². The van der Waals surface area contributed by atoms with Crippen molar-refractivity contribution in [2.75, 3.05) is 18.6 Å². The number of ketones is 1. The second-order valence-corrected chi connectivity index (χ2v) is 11.1. The summed E-state index contributed by atoms with van der Waals surface area (Å²) in [5.41, 5.74) is 1.63. The minimum atomic E-state index is -0.920. The molecule has 0 aliphatic carbocycles. The number of Topliss-reactive ketones (excluding diaryl/α,β-unsaturated/α-hetero) is 1. The first-order chi connectivity index (χ1) is 18.8. The van der Waals surface area contributed by atoms with Crippen molar-refractivity contribution in [3.63, 3.8) is 0 Å². The van der Waals surface area contributed by atoms with Crippen molar-refractivity contribution in [3.05, 3.63) is 88.5 Å². The summed E-state index contributed by atoms with van der Waals surface area (Å²) in [6.07, 6.45) is 0.883. The number of rotatable bonds is 8. The Kier molecular flexibility index (Phi) is 7.59. The van der Waals surface area contributed by atoms with Crippen LogP contribution in [0.3, 0.4) is 0 Å². The number of aromatic nitrogens is 1. The van der Waals surface area contributed by atoms with E-state index in [2.05, 4.69) is 18.8 Å². The second kappa shape index (κ2) is 11.1. The summed E-state index contributed by atoms with van der Waals surface area (Å²) in [4.78, 5) is 33.1. The molecule has 1 aromatic heterocycles. The van der Waals surface area contributed by atoms with Gasteiger partial charge in [-0.05, 0) is 72.5 Å². The minimum Gasteiger partial charge on any atom is -0.507 e. The normalized spacial score (nSPS) is 16.8. The van der Waals surface area contributed by atoms with Crippen LogP contribution in [0, 0.1) is 5.92 Å². The molecule has 200 valence electrons. The second-order valence-electron chi connectivity index (χ2n) is 9.61. The Morgan fingerprint density at radius 1 is 1.08 bits per heavy atom. The number of thiazole rings is 1. The molecule has 2 heterocycles. The molecule has 0 spiro atoms. The zero-order valence-corrected chi connectivity index (χ0v) is 23.3. The van der Waals surface area contributed by atoms with Crippen LogP contribution >= 0.6 is 22.9 Å². The Morgan fingerprint density at radius 2 is 1.85 bits per heavy atom. The minimum absolute atomic E-state index is 0.0292. The lowest BCUT2D eigenvalue weighted by atomic mass is 9.95. The molecule has 0 radical (unpaired) electrons. The summed E-state index contributed by atoms with van der Waals surface area (Å²) >= 11 is 7.31. The standard InChI is InChI=1S/C30H27ClN2O5S/c1-17(2)13-14-38-22-6-4-5-19(15-22)26-25(27(34)18-7-9-20(31)10-8-18)28(35)29(36)33(26)30-32-23-12-11-21(37-3)16-24(23)39-30/h4-12,15-17,26,34H,13-14H2,1-3H3. The molecule has 1 atom stereocenters. The average Bonchev–Trinajstić information content (AvgIpc) is 3.46. The summed E-state index contributed by atoms with van der Waals surface area (Å²) < 4.78 is 12.1. The van der Waals surface area contributed by atoms with Crippen LogP contribution in [0.25, 0.3) is 16.0 Å². The van der Waals surface area contributed by atoms with Crippen LogP contribution in [-0.4, -0.2) is 35.5 Å².